The number of hydrogen-bond donors (Lipinski definition) is 2. The molecule has 0 radical (unpaired) electrons. The zero-order valence-corrected chi connectivity index (χ0v) is 17.0. The van der Waals surface area contributed by atoms with E-state index in [1.165, 1.54) is 36.0 Å². The van der Waals surface area contributed by atoms with Crippen LogP contribution in [-0.2, 0) is 14.8 Å². The van der Waals surface area contributed by atoms with E-state index >= 15 is 0 Å². The van der Waals surface area contributed by atoms with Crippen LogP contribution in [0.3, 0.4) is 0 Å². The summed E-state index contributed by atoms with van der Waals surface area (Å²) >= 11 is 1.21. The number of nitrogens with two attached hydrogens (primary N) is 1. The molecule has 7 nitrogen and oxygen atoms in total. The first kappa shape index (κ1) is 20.9. The van der Waals surface area contributed by atoms with Crippen molar-refractivity contribution in [2.75, 3.05) is 5.32 Å². The maximum Gasteiger partial charge on any atom is 0.238 e. The summed E-state index contributed by atoms with van der Waals surface area (Å²) in [5.41, 5.74) is 3.56. The van der Waals surface area contributed by atoms with Gasteiger partial charge in [-0.15, -0.1) is 0 Å². The fourth-order valence-corrected chi connectivity index (χ4v) is 3.84. The number of rotatable bonds is 5. The van der Waals surface area contributed by atoms with Crippen LogP contribution in [-0.4, -0.2) is 24.6 Å². The molecule has 0 aliphatic heterocycles. The molecule has 1 amide bonds. The SMILES string of the molecule is Cc1nc(S[C@@H](C)C(=O)Nc2ccc(S(N)(=O)=O)cc2)c(C#N)c(C)c1C. The predicted octanol–water partition coefficient (Wildman–Crippen LogP) is 2.65. The van der Waals surface area contributed by atoms with Crippen LogP contribution < -0.4 is 10.5 Å². The van der Waals surface area contributed by atoms with E-state index in [-0.39, 0.29) is 10.8 Å². The van der Waals surface area contributed by atoms with Crippen LogP contribution in [0.1, 0.15) is 29.3 Å². The molecular formula is C18H20N4O3S2. The molecule has 1 aromatic carbocycles. The number of primary sulfonamides is 1. The number of nitrogens with zero attached hydrogens (tertiary/aromatic N) is 2. The zero-order valence-electron chi connectivity index (χ0n) is 15.4. The van der Waals surface area contributed by atoms with Crippen LogP contribution in [0, 0.1) is 32.1 Å². The number of aryl methyl sites for hydroxylation is 1. The van der Waals surface area contributed by atoms with Crippen molar-refractivity contribution >= 4 is 33.4 Å². The van der Waals surface area contributed by atoms with Gasteiger partial charge in [0.05, 0.1) is 15.7 Å². The maximum atomic E-state index is 12.4. The smallest absolute Gasteiger partial charge is 0.238 e. The molecule has 1 atom stereocenters. The molecule has 1 aromatic heterocycles. The normalized spacial score (nSPS) is 12.3. The molecule has 0 saturated heterocycles. The summed E-state index contributed by atoms with van der Waals surface area (Å²) in [6, 6.07) is 7.74. The van der Waals surface area contributed by atoms with Crippen LogP contribution in [0.5, 0.6) is 0 Å². The lowest BCUT2D eigenvalue weighted by atomic mass is 10.1. The summed E-state index contributed by atoms with van der Waals surface area (Å²) < 4.78 is 22.5. The Bertz CT molecular complexity index is 1030. The lowest BCUT2D eigenvalue weighted by Crippen LogP contribution is -2.23. The molecule has 0 fully saturated rings. The monoisotopic (exact) mass is 404 g/mol. The van der Waals surface area contributed by atoms with Crippen molar-refractivity contribution in [3.8, 4) is 6.07 Å². The molecule has 2 aromatic rings. The Labute approximate surface area is 163 Å². The van der Waals surface area contributed by atoms with Gasteiger partial charge >= 0.3 is 0 Å². The summed E-state index contributed by atoms with van der Waals surface area (Å²) in [6.07, 6.45) is 0. The molecule has 142 valence electrons. The molecular weight excluding hydrogens is 384 g/mol. The molecule has 0 unspecified atom stereocenters. The Morgan fingerprint density at radius 3 is 2.33 bits per heavy atom. The highest BCUT2D eigenvalue weighted by atomic mass is 32.2. The number of nitrogens with one attached hydrogen (secondary N) is 1. The minimum atomic E-state index is -3.78. The second-order valence-corrected chi connectivity index (χ2v) is 8.95. The van der Waals surface area contributed by atoms with Crippen LogP contribution in [0.4, 0.5) is 5.69 Å². The number of aromatic nitrogens is 1. The third-order valence-corrected chi connectivity index (χ3v) is 6.20. The third-order valence-electron chi connectivity index (χ3n) is 4.18. The zero-order chi connectivity index (χ0) is 20.4. The number of amides is 1. The summed E-state index contributed by atoms with van der Waals surface area (Å²) in [4.78, 5) is 16.9. The van der Waals surface area contributed by atoms with Gasteiger partial charge < -0.3 is 5.32 Å². The maximum absolute atomic E-state index is 12.4. The Kier molecular flexibility index (Phi) is 6.26. The highest BCUT2D eigenvalue weighted by molar-refractivity contribution is 8.00. The van der Waals surface area contributed by atoms with E-state index in [1.807, 2.05) is 20.8 Å². The van der Waals surface area contributed by atoms with Crippen LogP contribution in [0.2, 0.25) is 0 Å². The van der Waals surface area contributed by atoms with Gasteiger partial charge in [0.15, 0.2) is 0 Å². The minimum Gasteiger partial charge on any atom is -0.325 e. The Morgan fingerprint density at radius 1 is 1.22 bits per heavy atom. The van der Waals surface area contributed by atoms with Crippen molar-refractivity contribution in [2.45, 2.75) is 42.9 Å². The van der Waals surface area contributed by atoms with E-state index in [0.29, 0.717) is 16.3 Å². The largest absolute Gasteiger partial charge is 0.325 e. The quantitative estimate of drug-likeness (QED) is 0.738. The molecule has 2 rings (SSSR count). The van der Waals surface area contributed by atoms with Crippen molar-refractivity contribution in [2.24, 2.45) is 5.14 Å². The van der Waals surface area contributed by atoms with Gasteiger partial charge in [0.1, 0.15) is 11.1 Å². The van der Waals surface area contributed by atoms with Crippen molar-refractivity contribution in [1.82, 2.24) is 4.98 Å². The van der Waals surface area contributed by atoms with Crippen LogP contribution in [0.15, 0.2) is 34.2 Å². The number of hydrogen-bond acceptors (Lipinski definition) is 6. The first-order chi connectivity index (χ1) is 12.5. The average molecular weight is 405 g/mol. The van der Waals surface area contributed by atoms with Crippen molar-refractivity contribution in [1.29, 1.82) is 5.26 Å². The van der Waals surface area contributed by atoms with Crippen LogP contribution >= 0.6 is 11.8 Å². The van der Waals surface area contributed by atoms with Gasteiger partial charge in [0.2, 0.25) is 15.9 Å². The average Bonchev–Trinajstić information content (AvgIpc) is 2.59. The number of sulfonamides is 1. The van der Waals surface area contributed by atoms with Gasteiger partial charge in [-0.3, -0.25) is 4.79 Å². The Morgan fingerprint density at radius 2 is 1.81 bits per heavy atom. The van der Waals surface area contributed by atoms with Gasteiger partial charge in [-0.05, 0) is 63.1 Å². The van der Waals surface area contributed by atoms with E-state index in [9.17, 15) is 18.5 Å². The molecule has 0 saturated carbocycles. The van der Waals surface area contributed by atoms with E-state index in [2.05, 4.69) is 16.4 Å². The van der Waals surface area contributed by atoms with Crippen molar-refractivity contribution < 1.29 is 13.2 Å². The number of nitriles is 1. The van der Waals surface area contributed by atoms with Gasteiger partial charge in [0, 0.05) is 11.4 Å². The number of carbonyl (C=O) groups excluding carboxylic acids is 1. The lowest BCUT2D eigenvalue weighted by molar-refractivity contribution is -0.115. The Balaban J connectivity index is 2.16. The fraction of sp³-hybridized carbons (Fsp3) is 0.278. The summed E-state index contributed by atoms with van der Waals surface area (Å²) in [5, 5.41) is 17.2. The number of carbonyl (C=O) groups is 1. The van der Waals surface area contributed by atoms with Gasteiger partial charge in [-0.1, -0.05) is 11.8 Å². The minimum absolute atomic E-state index is 0.0311. The summed E-state index contributed by atoms with van der Waals surface area (Å²) in [7, 11) is -3.78. The highest BCUT2D eigenvalue weighted by Crippen LogP contribution is 2.29. The first-order valence-corrected chi connectivity index (χ1v) is 10.5. The standard InChI is InChI=1S/C18H20N4O3S2/c1-10-11(2)16(9-19)18(21-12(10)3)26-13(4)17(23)22-14-5-7-15(8-6-14)27(20,24)25/h5-8,13H,1-4H3,(H,22,23)(H2,20,24,25)/t13-/m0/s1. The second kappa shape index (κ2) is 8.08. The highest BCUT2D eigenvalue weighted by Gasteiger charge is 2.20. The molecule has 0 aliphatic carbocycles. The molecule has 0 bridgehead atoms. The predicted molar refractivity (Wildman–Crippen MR) is 105 cm³/mol. The second-order valence-electron chi connectivity index (χ2n) is 6.06. The number of anilines is 1. The Hall–Kier alpha value is -2.41. The topological polar surface area (TPSA) is 126 Å². The van der Waals surface area contributed by atoms with E-state index in [4.69, 9.17) is 5.14 Å². The third kappa shape index (κ3) is 4.86. The molecule has 0 aliphatic rings. The summed E-state index contributed by atoms with van der Waals surface area (Å²) in [5.74, 6) is -0.287. The van der Waals surface area contributed by atoms with E-state index < -0.39 is 15.3 Å². The van der Waals surface area contributed by atoms with Gasteiger partial charge in [0.25, 0.3) is 0 Å². The molecule has 3 N–H and O–H groups in total. The van der Waals surface area contributed by atoms with Gasteiger partial charge in [-0.2, -0.15) is 5.26 Å². The number of thioether (sulfide) groups is 1. The van der Waals surface area contributed by atoms with Crippen molar-refractivity contribution in [3.05, 3.63) is 46.6 Å². The molecule has 27 heavy (non-hydrogen) atoms. The van der Waals surface area contributed by atoms with E-state index in [0.717, 1.165) is 16.8 Å². The van der Waals surface area contributed by atoms with Crippen molar-refractivity contribution in [3.63, 3.8) is 0 Å². The molecule has 9 heteroatoms. The summed E-state index contributed by atoms with van der Waals surface area (Å²) in [6.45, 7) is 7.36. The number of pyridine rings is 1. The van der Waals surface area contributed by atoms with Gasteiger partial charge in [-0.25, -0.2) is 18.5 Å². The fourth-order valence-electron chi connectivity index (χ4n) is 2.32. The molecule has 0 spiro atoms. The van der Waals surface area contributed by atoms with Crippen LogP contribution in [0.25, 0.3) is 0 Å². The lowest BCUT2D eigenvalue weighted by Gasteiger charge is -2.15. The van der Waals surface area contributed by atoms with E-state index in [1.54, 1.807) is 6.92 Å². The molecule has 1 heterocycles. The number of benzene rings is 1. The first-order valence-electron chi connectivity index (χ1n) is 8.03.